The first-order chi connectivity index (χ1) is 12.8. The van der Waals surface area contributed by atoms with Gasteiger partial charge >= 0.3 is 6.18 Å². The van der Waals surface area contributed by atoms with Crippen LogP contribution in [0.3, 0.4) is 0 Å². The van der Waals surface area contributed by atoms with Gasteiger partial charge in [-0.1, -0.05) is 6.07 Å². The molecule has 0 saturated carbocycles. The van der Waals surface area contributed by atoms with E-state index in [-0.39, 0.29) is 24.0 Å². The lowest BCUT2D eigenvalue weighted by molar-refractivity contribution is -0.140. The van der Waals surface area contributed by atoms with Crippen molar-refractivity contribution in [2.75, 3.05) is 26.7 Å². The highest BCUT2D eigenvalue weighted by atomic mass is 127. The molecule has 1 heterocycles. The molecule has 10 heteroatoms. The topological polar surface area (TPSA) is 58.5 Å². The van der Waals surface area contributed by atoms with Gasteiger partial charge in [0, 0.05) is 25.4 Å². The summed E-state index contributed by atoms with van der Waals surface area (Å²) in [6, 6.07) is 6.03. The molecule has 0 aliphatic carbocycles. The number of ether oxygens (including phenoxy) is 1. The summed E-state index contributed by atoms with van der Waals surface area (Å²) < 4.78 is 43.3. The highest BCUT2D eigenvalue weighted by Gasteiger charge is 2.33. The normalized spacial score (nSPS) is 11.7. The van der Waals surface area contributed by atoms with Crippen LogP contribution in [0.5, 0.6) is 5.75 Å². The van der Waals surface area contributed by atoms with Gasteiger partial charge in [-0.05, 0) is 37.1 Å². The van der Waals surface area contributed by atoms with E-state index in [1.807, 2.05) is 26.0 Å². The Bertz CT molecular complexity index is 760. The smallest absolute Gasteiger partial charge is 0.434 e. The Morgan fingerprint density at radius 3 is 2.36 bits per heavy atom. The van der Waals surface area contributed by atoms with Crippen LogP contribution < -0.4 is 15.4 Å². The number of aliphatic imine (C=N–C) groups is 1. The van der Waals surface area contributed by atoms with E-state index in [0.717, 1.165) is 33.6 Å². The van der Waals surface area contributed by atoms with Crippen LogP contribution >= 0.6 is 35.3 Å². The average molecular weight is 528 g/mol. The van der Waals surface area contributed by atoms with Crippen molar-refractivity contribution in [3.05, 3.63) is 45.4 Å². The molecule has 0 spiro atoms. The van der Waals surface area contributed by atoms with Gasteiger partial charge in [-0.2, -0.15) is 13.2 Å². The molecule has 0 bridgehead atoms. The van der Waals surface area contributed by atoms with E-state index in [0.29, 0.717) is 37.1 Å². The van der Waals surface area contributed by atoms with Crippen molar-refractivity contribution in [1.82, 2.24) is 15.6 Å². The number of hydrogen-bond acceptors (Lipinski definition) is 4. The Morgan fingerprint density at radius 1 is 1.14 bits per heavy atom. The number of halogens is 4. The Kier molecular flexibility index (Phi) is 10.0. The van der Waals surface area contributed by atoms with Gasteiger partial charge in [0.1, 0.15) is 12.4 Å². The van der Waals surface area contributed by atoms with E-state index in [2.05, 4.69) is 26.7 Å². The first-order valence-corrected chi connectivity index (χ1v) is 9.33. The number of rotatable bonds is 7. The number of aryl methyl sites for hydroxylation is 2. The second-order valence-corrected chi connectivity index (χ2v) is 6.91. The summed E-state index contributed by atoms with van der Waals surface area (Å²) in [4.78, 5) is 7.68. The van der Waals surface area contributed by atoms with E-state index in [1.54, 1.807) is 7.05 Å². The number of hydrogen-bond donors (Lipinski definition) is 2. The standard InChI is InChI=1S/C18H23F3N4OS.HI/c1-12-8-13(2)10-14(9-12)26-7-6-24-17(22-3)23-5-4-16-25-15(11-27-16)18(19,20)21;/h8-11H,4-7H2,1-3H3,(H2,22,23,24);1H. The highest BCUT2D eigenvalue weighted by Crippen LogP contribution is 2.29. The molecule has 28 heavy (non-hydrogen) atoms. The van der Waals surface area contributed by atoms with Crippen molar-refractivity contribution >= 4 is 41.3 Å². The molecule has 2 N–H and O–H groups in total. The molecule has 156 valence electrons. The third kappa shape index (κ3) is 8.21. The molecule has 1 aromatic heterocycles. The van der Waals surface area contributed by atoms with Gasteiger partial charge in [0.2, 0.25) is 0 Å². The van der Waals surface area contributed by atoms with Crippen LogP contribution in [-0.4, -0.2) is 37.7 Å². The van der Waals surface area contributed by atoms with E-state index in [4.69, 9.17) is 4.74 Å². The molecule has 0 radical (unpaired) electrons. The minimum atomic E-state index is -4.39. The number of benzene rings is 1. The van der Waals surface area contributed by atoms with Gasteiger partial charge in [0.25, 0.3) is 0 Å². The van der Waals surface area contributed by atoms with Crippen molar-refractivity contribution in [3.8, 4) is 5.75 Å². The zero-order chi connectivity index (χ0) is 19.9. The largest absolute Gasteiger partial charge is 0.492 e. The molecule has 0 atom stereocenters. The molecular weight excluding hydrogens is 504 g/mol. The Morgan fingerprint density at radius 2 is 1.79 bits per heavy atom. The average Bonchev–Trinajstić information content (AvgIpc) is 3.05. The predicted octanol–water partition coefficient (Wildman–Crippen LogP) is 4.18. The van der Waals surface area contributed by atoms with Gasteiger partial charge in [0.15, 0.2) is 11.7 Å². The second-order valence-electron chi connectivity index (χ2n) is 5.97. The maximum absolute atomic E-state index is 12.5. The molecule has 5 nitrogen and oxygen atoms in total. The molecule has 1 aromatic carbocycles. The minimum absolute atomic E-state index is 0. The van der Waals surface area contributed by atoms with E-state index in [1.165, 1.54) is 0 Å². The first-order valence-electron chi connectivity index (χ1n) is 8.45. The minimum Gasteiger partial charge on any atom is -0.492 e. The van der Waals surface area contributed by atoms with Crippen molar-refractivity contribution < 1.29 is 17.9 Å². The van der Waals surface area contributed by atoms with Crippen LogP contribution in [0.2, 0.25) is 0 Å². The molecule has 0 amide bonds. The van der Waals surface area contributed by atoms with Gasteiger partial charge in [-0.15, -0.1) is 35.3 Å². The second kappa shape index (κ2) is 11.4. The number of guanidine groups is 1. The Balaban J connectivity index is 0.00000392. The van der Waals surface area contributed by atoms with Crippen molar-refractivity contribution in [1.29, 1.82) is 0 Å². The van der Waals surface area contributed by atoms with Gasteiger partial charge in [0.05, 0.1) is 11.6 Å². The van der Waals surface area contributed by atoms with E-state index < -0.39 is 11.9 Å². The molecule has 0 unspecified atom stereocenters. The van der Waals surface area contributed by atoms with Crippen LogP contribution in [0.4, 0.5) is 13.2 Å². The summed E-state index contributed by atoms with van der Waals surface area (Å²) in [5.41, 5.74) is 1.45. The van der Waals surface area contributed by atoms with Crippen molar-refractivity contribution in [3.63, 3.8) is 0 Å². The summed E-state index contributed by atoms with van der Waals surface area (Å²) in [6.45, 7) is 5.48. The zero-order valence-corrected chi connectivity index (χ0v) is 19.0. The van der Waals surface area contributed by atoms with Gasteiger partial charge in [-0.25, -0.2) is 4.98 Å². The number of aromatic nitrogens is 1. The van der Waals surface area contributed by atoms with Crippen molar-refractivity contribution in [2.45, 2.75) is 26.4 Å². The molecular formula is C18H24F3IN4OS. The van der Waals surface area contributed by atoms with Crippen LogP contribution in [-0.2, 0) is 12.6 Å². The number of alkyl halides is 3. The third-order valence-corrected chi connectivity index (χ3v) is 4.46. The Labute approximate surface area is 183 Å². The summed E-state index contributed by atoms with van der Waals surface area (Å²) in [5, 5.41) is 7.62. The third-order valence-electron chi connectivity index (χ3n) is 3.56. The van der Waals surface area contributed by atoms with Crippen LogP contribution in [0.25, 0.3) is 0 Å². The van der Waals surface area contributed by atoms with Gasteiger partial charge in [-0.3, -0.25) is 4.99 Å². The summed E-state index contributed by atoms with van der Waals surface area (Å²) in [6.07, 6.45) is -4.00. The number of thiazole rings is 1. The maximum Gasteiger partial charge on any atom is 0.434 e. The van der Waals surface area contributed by atoms with Crippen LogP contribution in [0, 0.1) is 13.8 Å². The summed E-state index contributed by atoms with van der Waals surface area (Å²) >= 11 is 1.01. The summed E-state index contributed by atoms with van der Waals surface area (Å²) in [5.74, 6) is 1.38. The number of nitrogens with one attached hydrogen (secondary N) is 2. The molecule has 2 rings (SSSR count). The fraction of sp³-hybridized carbons (Fsp3) is 0.444. The van der Waals surface area contributed by atoms with Crippen molar-refractivity contribution in [2.24, 2.45) is 4.99 Å². The van der Waals surface area contributed by atoms with E-state index in [9.17, 15) is 13.2 Å². The van der Waals surface area contributed by atoms with Crippen LogP contribution in [0.1, 0.15) is 21.8 Å². The maximum atomic E-state index is 12.5. The lowest BCUT2D eigenvalue weighted by Crippen LogP contribution is -2.40. The first kappa shape index (κ1) is 24.5. The monoisotopic (exact) mass is 528 g/mol. The lowest BCUT2D eigenvalue weighted by Gasteiger charge is -2.12. The summed E-state index contributed by atoms with van der Waals surface area (Å²) in [7, 11) is 1.63. The molecule has 0 aliphatic heterocycles. The molecule has 0 fully saturated rings. The predicted molar refractivity (Wildman–Crippen MR) is 117 cm³/mol. The van der Waals surface area contributed by atoms with Gasteiger partial charge < -0.3 is 15.4 Å². The van der Waals surface area contributed by atoms with E-state index >= 15 is 0 Å². The number of nitrogens with zero attached hydrogens (tertiary/aromatic N) is 2. The molecule has 0 aliphatic rings. The fourth-order valence-corrected chi connectivity index (χ4v) is 3.22. The fourth-order valence-electron chi connectivity index (χ4n) is 2.42. The quantitative estimate of drug-likeness (QED) is 0.245. The molecule has 2 aromatic rings. The zero-order valence-electron chi connectivity index (χ0n) is 15.9. The SMILES string of the molecule is CN=C(NCCOc1cc(C)cc(C)c1)NCCc1nc(C(F)(F)F)cs1.I. The highest BCUT2D eigenvalue weighted by molar-refractivity contribution is 14.0. The molecule has 0 saturated heterocycles. The Hall–Kier alpha value is -1.56. The van der Waals surface area contributed by atoms with Crippen LogP contribution in [0.15, 0.2) is 28.6 Å². The lowest BCUT2D eigenvalue weighted by atomic mass is 10.1.